The largest absolute Gasteiger partial charge is 0.405 e. The Hall–Kier alpha value is -1.88. The molecule has 1 aromatic heterocycles. The Morgan fingerprint density at radius 2 is 2.32 bits per heavy atom. The standard InChI is InChI=1S/C14H17N3O2/c1-10-4-2-5-11(8-10)9-15-14-17-16-13(19-14)12-6-3-7-18-12/h2,4-5,8,12H,3,6-7,9H2,1H3,(H,15,17)/t12-/m1/s1. The van der Waals surface area contributed by atoms with E-state index in [2.05, 4.69) is 40.6 Å². The van der Waals surface area contributed by atoms with Crippen molar-refractivity contribution in [1.29, 1.82) is 0 Å². The van der Waals surface area contributed by atoms with Crippen molar-refractivity contribution < 1.29 is 9.15 Å². The molecule has 5 nitrogen and oxygen atoms in total. The highest BCUT2D eigenvalue weighted by Gasteiger charge is 2.23. The van der Waals surface area contributed by atoms with Gasteiger partial charge in [-0.3, -0.25) is 0 Å². The molecular weight excluding hydrogens is 242 g/mol. The Morgan fingerprint density at radius 1 is 1.37 bits per heavy atom. The minimum absolute atomic E-state index is 0.0259. The van der Waals surface area contributed by atoms with E-state index in [4.69, 9.17) is 9.15 Å². The van der Waals surface area contributed by atoms with Crippen LogP contribution in [-0.2, 0) is 11.3 Å². The molecule has 5 heteroatoms. The zero-order valence-corrected chi connectivity index (χ0v) is 10.9. The Kier molecular flexibility index (Phi) is 3.46. The summed E-state index contributed by atoms with van der Waals surface area (Å²) in [6.07, 6.45) is 1.99. The summed E-state index contributed by atoms with van der Waals surface area (Å²) in [7, 11) is 0. The van der Waals surface area contributed by atoms with Crippen molar-refractivity contribution in [2.24, 2.45) is 0 Å². The quantitative estimate of drug-likeness (QED) is 0.914. The third kappa shape index (κ3) is 2.93. The summed E-state index contributed by atoms with van der Waals surface area (Å²) in [6, 6.07) is 8.76. The first-order chi connectivity index (χ1) is 9.31. The maximum atomic E-state index is 5.56. The van der Waals surface area contributed by atoms with Gasteiger partial charge in [0, 0.05) is 13.2 Å². The van der Waals surface area contributed by atoms with Gasteiger partial charge in [0.25, 0.3) is 0 Å². The Bertz CT molecular complexity index is 547. The summed E-state index contributed by atoms with van der Waals surface area (Å²) < 4.78 is 11.1. The molecule has 19 heavy (non-hydrogen) atoms. The topological polar surface area (TPSA) is 60.2 Å². The van der Waals surface area contributed by atoms with Gasteiger partial charge in [0.05, 0.1) is 0 Å². The van der Waals surface area contributed by atoms with Gasteiger partial charge in [-0.1, -0.05) is 34.9 Å². The van der Waals surface area contributed by atoms with Crippen LogP contribution in [0.1, 0.15) is 36.0 Å². The molecule has 0 amide bonds. The van der Waals surface area contributed by atoms with Crippen LogP contribution in [0.2, 0.25) is 0 Å². The molecule has 0 spiro atoms. The highest BCUT2D eigenvalue weighted by molar-refractivity contribution is 5.27. The summed E-state index contributed by atoms with van der Waals surface area (Å²) in [4.78, 5) is 0. The lowest BCUT2D eigenvalue weighted by molar-refractivity contribution is 0.0897. The van der Waals surface area contributed by atoms with Gasteiger partial charge in [-0.15, -0.1) is 5.10 Å². The molecule has 1 aromatic carbocycles. The van der Waals surface area contributed by atoms with Crippen LogP contribution >= 0.6 is 0 Å². The van der Waals surface area contributed by atoms with Gasteiger partial charge in [-0.2, -0.15) is 0 Å². The van der Waals surface area contributed by atoms with Crippen LogP contribution in [-0.4, -0.2) is 16.8 Å². The van der Waals surface area contributed by atoms with Crippen molar-refractivity contribution in [3.8, 4) is 0 Å². The molecule has 3 rings (SSSR count). The monoisotopic (exact) mass is 259 g/mol. The number of aryl methyl sites for hydroxylation is 1. The summed E-state index contributed by atoms with van der Waals surface area (Å²) >= 11 is 0. The number of rotatable bonds is 4. The fraction of sp³-hybridized carbons (Fsp3) is 0.429. The number of ether oxygens (including phenoxy) is 1. The SMILES string of the molecule is Cc1cccc(CNc2nnc([C@H]3CCCO3)o2)c1. The smallest absolute Gasteiger partial charge is 0.315 e. The molecule has 0 saturated carbocycles. The van der Waals surface area contributed by atoms with Crippen LogP contribution in [0, 0.1) is 6.92 Å². The van der Waals surface area contributed by atoms with Gasteiger partial charge in [-0.05, 0) is 25.3 Å². The van der Waals surface area contributed by atoms with Crippen molar-refractivity contribution in [2.45, 2.75) is 32.4 Å². The number of aromatic nitrogens is 2. The van der Waals surface area contributed by atoms with Gasteiger partial charge in [-0.25, -0.2) is 0 Å². The molecule has 1 aliphatic rings. The number of hydrogen-bond donors (Lipinski definition) is 1. The molecule has 1 fully saturated rings. The molecule has 1 N–H and O–H groups in total. The molecule has 0 bridgehead atoms. The van der Waals surface area contributed by atoms with E-state index in [1.807, 2.05) is 6.07 Å². The van der Waals surface area contributed by atoms with E-state index in [9.17, 15) is 0 Å². The van der Waals surface area contributed by atoms with Crippen LogP contribution in [0.25, 0.3) is 0 Å². The molecule has 2 heterocycles. The zero-order valence-electron chi connectivity index (χ0n) is 10.9. The van der Waals surface area contributed by atoms with E-state index >= 15 is 0 Å². The van der Waals surface area contributed by atoms with Crippen molar-refractivity contribution in [2.75, 3.05) is 11.9 Å². The van der Waals surface area contributed by atoms with Crippen molar-refractivity contribution in [3.63, 3.8) is 0 Å². The average Bonchev–Trinajstić information content (AvgIpc) is 3.07. The van der Waals surface area contributed by atoms with Crippen LogP contribution in [0.3, 0.4) is 0 Å². The van der Waals surface area contributed by atoms with E-state index in [-0.39, 0.29) is 6.10 Å². The Morgan fingerprint density at radius 3 is 3.11 bits per heavy atom. The number of nitrogens with zero attached hydrogens (tertiary/aromatic N) is 2. The summed E-state index contributed by atoms with van der Waals surface area (Å²) in [6.45, 7) is 3.53. The van der Waals surface area contributed by atoms with Gasteiger partial charge < -0.3 is 14.5 Å². The maximum absolute atomic E-state index is 5.56. The van der Waals surface area contributed by atoms with Crippen molar-refractivity contribution >= 4 is 6.01 Å². The number of nitrogens with one attached hydrogen (secondary N) is 1. The number of hydrogen-bond acceptors (Lipinski definition) is 5. The van der Waals surface area contributed by atoms with Gasteiger partial charge in [0.15, 0.2) is 0 Å². The molecule has 0 radical (unpaired) electrons. The van der Waals surface area contributed by atoms with Crippen molar-refractivity contribution in [3.05, 3.63) is 41.3 Å². The van der Waals surface area contributed by atoms with E-state index < -0.39 is 0 Å². The second-order valence-corrected chi connectivity index (χ2v) is 4.79. The number of benzene rings is 1. The van der Waals surface area contributed by atoms with E-state index in [1.54, 1.807) is 0 Å². The molecule has 1 aliphatic heterocycles. The average molecular weight is 259 g/mol. The minimum atomic E-state index is -0.0259. The highest BCUT2D eigenvalue weighted by atomic mass is 16.5. The molecule has 2 aromatic rings. The van der Waals surface area contributed by atoms with Crippen LogP contribution < -0.4 is 5.32 Å². The Balaban J connectivity index is 1.61. The molecule has 1 atom stereocenters. The maximum Gasteiger partial charge on any atom is 0.315 e. The molecule has 1 saturated heterocycles. The predicted molar refractivity (Wildman–Crippen MR) is 70.7 cm³/mol. The lowest BCUT2D eigenvalue weighted by atomic mass is 10.1. The first-order valence-corrected chi connectivity index (χ1v) is 6.56. The zero-order chi connectivity index (χ0) is 13.1. The van der Waals surface area contributed by atoms with Crippen LogP contribution in [0.15, 0.2) is 28.7 Å². The lowest BCUT2D eigenvalue weighted by Crippen LogP contribution is -1.99. The lowest BCUT2D eigenvalue weighted by Gasteiger charge is -2.03. The third-order valence-electron chi connectivity index (χ3n) is 3.17. The second-order valence-electron chi connectivity index (χ2n) is 4.79. The normalized spacial score (nSPS) is 18.7. The summed E-state index contributed by atoms with van der Waals surface area (Å²) in [5, 5.41) is 11.2. The summed E-state index contributed by atoms with van der Waals surface area (Å²) in [5.74, 6) is 0.573. The van der Waals surface area contributed by atoms with Crippen LogP contribution in [0.4, 0.5) is 6.01 Å². The second kappa shape index (κ2) is 5.40. The molecular formula is C14H17N3O2. The van der Waals surface area contributed by atoms with E-state index in [0.717, 1.165) is 19.4 Å². The molecule has 0 unspecified atom stereocenters. The minimum Gasteiger partial charge on any atom is -0.405 e. The number of anilines is 1. The van der Waals surface area contributed by atoms with Gasteiger partial charge in [0.2, 0.25) is 5.89 Å². The fourth-order valence-corrected chi connectivity index (χ4v) is 2.21. The summed E-state index contributed by atoms with van der Waals surface area (Å²) in [5.41, 5.74) is 2.43. The van der Waals surface area contributed by atoms with E-state index in [0.29, 0.717) is 18.5 Å². The molecule has 0 aliphatic carbocycles. The Labute approximate surface area is 112 Å². The van der Waals surface area contributed by atoms with E-state index in [1.165, 1.54) is 11.1 Å². The van der Waals surface area contributed by atoms with Crippen molar-refractivity contribution in [1.82, 2.24) is 10.2 Å². The first-order valence-electron chi connectivity index (χ1n) is 6.56. The predicted octanol–water partition coefficient (Wildman–Crippen LogP) is 2.84. The van der Waals surface area contributed by atoms with Gasteiger partial charge in [0.1, 0.15) is 6.10 Å². The first kappa shape index (κ1) is 12.2. The highest BCUT2D eigenvalue weighted by Crippen LogP contribution is 2.28. The fourth-order valence-electron chi connectivity index (χ4n) is 2.21. The van der Waals surface area contributed by atoms with Gasteiger partial charge >= 0.3 is 6.01 Å². The molecule has 100 valence electrons. The van der Waals surface area contributed by atoms with Crippen LogP contribution in [0.5, 0.6) is 0 Å². The third-order valence-corrected chi connectivity index (χ3v) is 3.17.